The van der Waals surface area contributed by atoms with Crippen LogP contribution in [0, 0.1) is 0 Å². The molecular weight excluding hydrogens is 485 g/mol. The van der Waals surface area contributed by atoms with Gasteiger partial charge in [-0.1, -0.05) is 29.3 Å². The average Bonchev–Trinajstić information content (AvgIpc) is 3.22. The Bertz CT molecular complexity index is 1350. The zero-order valence-electron chi connectivity index (χ0n) is 17.4. The van der Waals surface area contributed by atoms with Crippen molar-refractivity contribution in [3.8, 4) is 23.0 Å². The third-order valence-corrected chi connectivity index (χ3v) is 5.42. The van der Waals surface area contributed by atoms with E-state index in [1.54, 1.807) is 31.4 Å². The molecule has 1 aromatic heterocycles. The first-order valence-corrected chi connectivity index (χ1v) is 10.7. The zero-order chi connectivity index (χ0) is 23.5. The Morgan fingerprint density at radius 1 is 1.03 bits per heavy atom. The maximum absolute atomic E-state index is 12.6. The van der Waals surface area contributed by atoms with Gasteiger partial charge in [0.25, 0.3) is 5.91 Å². The molecule has 168 valence electrons. The van der Waals surface area contributed by atoms with Crippen LogP contribution in [0.25, 0.3) is 22.6 Å². The molecule has 0 saturated heterocycles. The fraction of sp³-hybridized carbons (Fsp3) is 0.0870. The maximum atomic E-state index is 12.6. The Morgan fingerprint density at radius 3 is 2.48 bits per heavy atom. The van der Waals surface area contributed by atoms with Gasteiger partial charge in [-0.25, -0.2) is 4.98 Å². The highest BCUT2D eigenvalue weighted by Gasteiger charge is 2.15. The van der Waals surface area contributed by atoms with Crippen LogP contribution in [0.5, 0.6) is 11.5 Å². The number of methoxy groups -OCH3 is 2. The molecule has 0 spiro atoms. The van der Waals surface area contributed by atoms with Crippen LogP contribution in [-0.2, 0) is 0 Å². The number of carbonyl (C=O) groups excluding carboxylic acids is 1. The summed E-state index contributed by atoms with van der Waals surface area (Å²) in [5.74, 6) is 0.964. The van der Waals surface area contributed by atoms with Crippen molar-refractivity contribution < 1.29 is 18.7 Å². The van der Waals surface area contributed by atoms with E-state index >= 15 is 0 Å². The van der Waals surface area contributed by atoms with Crippen molar-refractivity contribution in [1.29, 1.82) is 0 Å². The second kappa shape index (κ2) is 9.66. The topological polar surface area (TPSA) is 85.6 Å². The number of aromatic nitrogens is 1. The summed E-state index contributed by atoms with van der Waals surface area (Å²) < 4.78 is 16.2. The van der Waals surface area contributed by atoms with Gasteiger partial charge in [-0.3, -0.25) is 10.1 Å². The summed E-state index contributed by atoms with van der Waals surface area (Å²) in [4.78, 5) is 17.1. The fourth-order valence-corrected chi connectivity index (χ4v) is 3.96. The van der Waals surface area contributed by atoms with E-state index in [2.05, 4.69) is 15.6 Å². The van der Waals surface area contributed by atoms with Crippen molar-refractivity contribution in [3.63, 3.8) is 0 Å². The number of hydrogen-bond acceptors (Lipinski definition) is 6. The first kappa shape index (κ1) is 22.8. The van der Waals surface area contributed by atoms with Crippen LogP contribution in [0.4, 0.5) is 5.69 Å². The van der Waals surface area contributed by atoms with Crippen molar-refractivity contribution in [3.05, 3.63) is 70.2 Å². The Hall–Kier alpha value is -3.33. The van der Waals surface area contributed by atoms with Crippen molar-refractivity contribution in [2.75, 3.05) is 19.5 Å². The van der Waals surface area contributed by atoms with Crippen molar-refractivity contribution in [2.24, 2.45) is 0 Å². The van der Waals surface area contributed by atoms with Crippen molar-refractivity contribution >= 4 is 63.2 Å². The van der Waals surface area contributed by atoms with Gasteiger partial charge in [0.1, 0.15) is 11.3 Å². The predicted molar refractivity (Wildman–Crippen MR) is 133 cm³/mol. The van der Waals surface area contributed by atoms with Crippen LogP contribution in [0.3, 0.4) is 0 Å². The quantitative estimate of drug-likeness (QED) is 0.327. The number of anilines is 1. The van der Waals surface area contributed by atoms with E-state index in [4.69, 9.17) is 49.3 Å². The molecule has 0 aliphatic heterocycles. The monoisotopic (exact) mass is 501 g/mol. The first-order valence-electron chi connectivity index (χ1n) is 9.58. The second-order valence-electron chi connectivity index (χ2n) is 6.81. The molecule has 1 amide bonds. The molecule has 0 aliphatic carbocycles. The number of amides is 1. The number of rotatable bonds is 5. The highest BCUT2D eigenvalue weighted by Crippen LogP contribution is 2.34. The molecule has 0 unspecified atom stereocenters. The van der Waals surface area contributed by atoms with E-state index in [9.17, 15) is 4.79 Å². The highest BCUT2D eigenvalue weighted by molar-refractivity contribution is 7.80. The fourth-order valence-electron chi connectivity index (χ4n) is 3.11. The van der Waals surface area contributed by atoms with E-state index < -0.39 is 5.91 Å². The summed E-state index contributed by atoms with van der Waals surface area (Å²) in [6.07, 6.45) is 0. The third-order valence-electron chi connectivity index (χ3n) is 4.65. The number of fused-ring (bicyclic) bond motifs is 1. The van der Waals surface area contributed by atoms with Gasteiger partial charge in [0.05, 0.1) is 24.3 Å². The SMILES string of the molecule is COc1ccc2oc(-c3cccc(NC(=S)NC(=O)c4cc(Cl)c(OC)c(Cl)c4)c3)nc2c1. The Kier molecular flexibility index (Phi) is 6.69. The number of benzene rings is 3. The zero-order valence-corrected chi connectivity index (χ0v) is 19.8. The number of hydrogen-bond donors (Lipinski definition) is 2. The number of nitrogens with one attached hydrogen (secondary N) is 2. The van der Waals surface area contributed by atoms with E-state index in [0.29, 0.717) is 34.2 Å². The summed E-state index contributed by atoms with van der Waals surface area (Å²) in [6, 6.07) is 15.6. The third kappa shape index (κ3) is 5.03. The lowest BCUT2D eigenvalue weighted by Gasteiger charge is -2.12. The van der Waals surface area contributed by atoms with E-state index in [1.165, 1.54) is 19.2 Å². The molecule has 0 radical (unpaired) electrons. The Morgan fingerprint density at radius 2 is 1.79 bits per heavy atom. The largest absolute Gasteiger partial charge is 0.497 e. The smallest absolute Gasteiger partial charge is 0.257 e. The summed E-state index contributed by atoms with van der Waals surface area (Å²) in [6.45, 7) is 0. The molecule has 33 heavy (non-hydrogen) atoms. The molecule has 10 heteroatoms. The summed E-state index contributed by atoms with van der Waals surface area (Å²) in [5.41, 5.74) is 2.94. The lowest BCUT2D eigenvalue weighted by molar-refractivity contribution is 0.0977. The van der Waals surface area contributed by atoms with E-state index in [0.717, 1.165) is 5.56 Å². The lowest BCUT2D eigenvalue weighted by Crippen LogP contribution is -2.34. The summed E-state index contributed by atoms with van der Waals surface area (Å²) in [7, 11) is 3.04. The van der Waals surface area contributed by atoms with Crippen LogP contribution in [0.2, 0.25) is 10.0 Å². The van der Waals surface area contributed by atoms with Gasteiger partial charge in [-0.15, -0.1) is 0 Å². The maximum Gasteiger partial charge on any atom is 0.257 e. The Balaban J connectivity index is 1.48. The number of halogens is 2. The molecule has 3 aromatic carbocycles. The minimum Gasteiger partial charge on any atom is -0.497 e. The van der Waals surface area contributed by atoms with Gasteiger partial charge in [-0.2, -0.15) is 0 Å². The van der Waals surface area contributed by atoms with E-state index in [1.807, 2.05) is 18.2 Å². The number of nitrogens with zero attached hydrogens (tertiary/aromatic N) is 1. The normalized spacial score (nSPS) is 10.7. The molecule has 2 N–H and O–H groups in total. The summed E-state index contributed by atoms with van der Waals surface area (Å²) >= 11 is 17.5. The molecule has 0 bridgehead atoms. The van der Waals surface area contributed by atoms with Crippen LogP contribution in [-0.4, -0.2) is 30.2 Å². The van der Waals surface area contributed by atoms with Crippen LogP contribution >= 0.6 is 35.4 Å². The van der Waals surface area contributed by atoms with Gasteiger partial charge >= 0.3 is 0 Å². The molecule has 4 aromatic rings. The van der Waals surface area contributed by atoms with Gasteiger partial charge in [-0.05, 0) is 54.7 Å². The van der Waals surface area contributed by atoms with Crippen molar-refractivity contribution in [2.45, 2.75) is 0 Å². The Labute approximate surface area is 204 Å². The standard InChI is InChI=1S/C23H17Cl2N3O4S/c1-30-15-6-7-19-18(11-15)27-22(32-19)12-4-3-5-14(8-12)26-23(33)28-21(29)13-9-16(24)20(31-2)17(25)10-13/h3-11H,1-2H3,(H2,26,28,29,33). The first-order chi connectivity index (χ1) is 15.9. The second-order valence-corrected chi connectivity index (χ2v) is 8.04. The number of ether oxygens (including phenoxy) is 2. The molecule has 0 saturated carbocycles. The predicted octanol–water partition coefficient (Wildman–Crippen LogP) is 5.95. The van der Waals surface area contributed by atoms with E-state index in [-0.39, 0.29) is 20.7 Å². The van der Waals surface area contributed by atoms with Gasteiger partial charge in [0, 0.05) is 22.9 Å². The molecule has 7 nitrogen and oxygen atoms in total. The molecule has 0 aliphatic rings. The number of oxazole rings is 1. The molecule has 0 fully saturated rings. The minimum absolute atomic E-state index is 0.0996. The number of carbonyl (C=O) groups is 1. The summed E-state index contributed by atoms with van der Waals surface area (Å²) in [5, 5.41) is 6.12. The van der Waals surface area contributed by atoms with Crippen LogP contribution < -0.4 is 20.1 Å². The van der Waals surface area contributed by atoms with Gasteiger partial charge in [0.2, 0.25) is 5.89 Å². The van der Waals surface area contributed by atoms with Gasteiger partial charge in [0.15, 0.2) is 16.4 Å². The van der Waals surface area contributed by atoms with Crippen LogP contribution in [0.15, 0.2) is 59.0 Å². The average molecular weight is 502 g/mol. The van der Waals surface area contributed by atoms with Gasteiger partial charge < -0.3 is 19.2 Å². The molecule has 1 heterocycles. The minimum atomic E-state index is -0.469. The lowest BCUT2D eigenvalue weighted by atomic mass is 10.2. The molecule has 0 atom stereocenters. The van der Waals surface area contributed by atoms with Crippen LogP contribution in [0.1, 0.15) is 10.4 Å². The number of thiocarbonyl (C=S) groups is 1. The highest BCUT2D eigenvalue weighted by atomic mass is 35.5. The van der Waals surface area contributed by atoms with Crippen molar-refractivity contribution in [1.82, 2.24) is 10.3 Å². The molecular formula is C23H17Cl2N3O4S. The molecule has 4 rings (SSSR count).